The van der Waals surface area contributed by atoms with Crippen LogP contribution < -0.4 is 5.32 Å². The van der Waals surface area contributed by atoms with Crippen LogP contribution in [-0.4, -0.2) is 37.5 Å². The van der Waals surface area contributed by atoms with Crippen molar-refractivity contribution >= 4 is 0 Å². The van der Waals surface area contributed by atoms with Gasteiger partial charge in [-0.2, -0.15) is 0 Å². The molecular weight excluding hydrogens is 178 g/mol. The maximum atomic E-state index is 5.84. The highest BCUT2D eigenvalue weighted by molar-refractivity contribution is 4.74. The highest BCUT2D eigenvalue weighted by atomic mass is 16.5. The van der Waals surface area contributed by atoms with E-state index in [-0.39, 0.29) is 11.7 Å². The molecule has 84 valence electrons. The maximum Gasteiger partial charge on any atom is 0.0937 e. The first-order valence-electron chi connectivity index (χ1n) is 5.51. The van der Waals surface area contributed by atoms with Crippen LogP contribution >= 0.6 is 0 Å². The van der Waals surface area contributed by atoms with E-state index in [0.29, 0.717) is 12.7 Å². The van der Waals surface area contributed by atoms with E-state index in [4.69, 9.17) is 9.47 Å². The van der Waals surface area contributed by atoms with E-state index in [0.717, 1.165) is 19.5 Å². The second-order valence-corrected chi connectivity index (χ2v) is 4.87. The molecule has 0 aromatic rings. The van der Waals surface area contributed by atoms with Crippen LogP contribution in [0.2, 0.25) is 0 Å². The quantitative estimate of drug-likeness (QED) is 0.752. The van der Waals surface area contributed by atoms with Crippen LogP contribution in [0.4, 0.5) is 0 Å². The molecular formula is C11H23NO2. The van der Waals surface area contributed by atoms with E-state index in [1.54, 1.807) is 0 Å². The minimum atomic E-state index is -0.0669. The van der Waals surface area contributed by atoms with Crippen molar-refractivity contribution in [3.05, 3.63) is 0 Å². The van der Waals surface area contributed by atoms with Gasteiger partial charge in [-0.25, -0.2) is 0 Å². The Labute approximate surface area is 87.2 Å². The van der Waals surface area contributed by atoms with E-state index in [1.165, 1.54) is 0 Å². The molecule has 1 N–H and O–H groups in total. The van der Waals surface area contributed by atoms with Gasteiger partial charge in [-0.15, -0.1) is 0 Å². The van der Waals surface area contributed by atoms with Crippen LogP contribution in [0.5, 0.6) is 0 Å². The molecule has 0 radical (unpaired) electrons. The minimum Gasteiger partial charge on any atom is -0.373 e. The van der Waals surface area contributed by atoms with Crippen LogP contribution in [0.15, 0.2) is 0 Å². The molecule has 1 saturated heterocycles. The molecule has 3 heteroatoms. The van der Waals surface area contributed by atoms with Gasteiger partial charge in [-0.05, 0) is 27.2 Å². The first-order valence-corrected chi connectivity index (χ1v) is 5.51. The summed E-state index contributed by atoms with van der Waals surface area (Å²) in [5, 5.41) is 3.37. The molecule has 3 nitrogen and oxygen atoms in total. The highest BCUT2D eigenvalue weighted by Gasteiger charge is 2.22. The van der Waals surface area contributed by atoms with Crippen molar-refractivity contribution in [3.63, 3.8) is 0 Å². The summed E-state index contributed by atoms with van der Waals surface area (Å²) >= 11 is 0. The van der Waals surface area contributed by atoms with Gasteiger partial charge in [0.15, 0.2) is 0 Å². The summed E-state index contributed by atoms with van der Waals surface area (Å²) in [7, 11) is 0. The van der Waals surface area contributed by atoms with E-state index >= 15 is 0 Å². The molecule has 1 aliphatic rings. The number of hydrogen-bond donors (Lipinski definition) is 1. The third-order valence-corrected chi connectivity index (χ3v) is 2.29. The highest BCUT2D eigenvalue weighted by Crippen LogP contribution is 2.12. The van der Waals surface area contributed by atoms with Crippen LogP contribution in [0.25, 0.3) is 0 Å². The lowest BCUT2D eigenvalue weighted by molar-refractivity contribution is -0.108. The molecule has 14 heavy (non-hydrogen) atoms. The Balaban J connectivity index is 2.24. The normalized spacial score (nSPS) is 29.1. The predicted molar refractivity (Wildman–Crippen MR) is 57.5 cm³/mol. The smallest absolute Gasteiger partial charge is 0.0937 e. The van der Waals surface area contributed by atoms with Crippen molar-refractivity contribution < 1.29 is 9.47 Å². The van der Waals surface area contributed by atoms with Crippen LogP contribution in [0.1, 0.15) is 34.1 Å². The van der Waals surface area contributed by atoms with Crippen molar-refractivity contribution in [2.45, 2.75) is 51.9 Å². The third kappa shape index (κ3) is 4.40. The number of hydrogen-bond acceptors (Lipinski definition) is 3. The number of morpholine rings is 1. The summed E-state index contributed by atoms with van der Waals surface area (Å²) in [6.45, 7) is 10.9. The van der Waals surface area contributed by atoms with Crippen LogP contribution in [0.3, 0.4) is 0 Å². The predicted octanol–water partition coefficient (Wildman–Crippen LogP) is 1.57. The fraction of sp³-hybridized carbons (Fsp3) is 1.00. The fourth-order valence-electron chi connectivity index (χ4n) is 1.46. The van der Waals surface area contributed by atoms with Gasteiger partial charge in [-0.3, -0.25) is 0 Å². The zero-order valence-electron chi connectivity index (χ0n) is 9.80. The molecule has 2 atom stereocenters. The van der Waals surface area contributed by atoms with Crippen molar-refractivity contribution in [2.75, 3.05) is 19.7 Å². The van der Waals surface area contributed by atoms with Gasteiger partial charge < -0.3 is 14.8 Å². The Morgan fingerprint density at radius 1 is 1.29 bits per heavy atom. The number of nitrogens with one attached hydrogen (secondary N) is 1. The molecule has 0 aromatic heterocycles. The Hall–Kier alpha value is -0.120. The second-order valence-electron chi connectivity index (χ2n) is 4.87. The van der Waals surface area contributed by atoms with E-state index in [2.05, 4.69) is 33.0 Å². The molecule has 0 unspecified atom stereocenters. The van der Waals surface area contributed by atoms with Gasteiger partial charge in [0.2, 0.25) is 0 Å². The first-order chi connectivity index (χ1) is 6.51. The van der Waals surface area contributed by atoms with Gasteiger partial charge in [0.05, 0.1) is 24.4 Å². The average molecular weight is 201 g/mol. The molecule has 0 aliphatic carbocycles. The van der Waals surface area contributed by atoms with E-state index < -0.39 is 0 Å². The Morgan fingerprint density at radius 3 is 2.50 bits per heavy atom. The minimum absolute atomic E-state index is 0.0669. The topological polar surface area (TPSA) is 30.5 Å². The Morgan fingerprint density at radius 2 is 1.93 bits per heavy atom. The average Bonchev–Trinajstić information content (AvgIpc) is 2.14. The molecule has 0 bridgehead atoms. The number of ether oxygens (including phenoxy) is 2. The summed E-state index contributed by atoms with van der Waals surface area (Å²) in [5.74, 6) is 0. The second kappa shape index (κ2) is 5.10. The standard InChI is InChI=1S/C11H23NO2/c1-5-9-6-12-7-10(14-9)8-13-11(2,3)4/h9-10,12H,5-8H2,1-4H3/t9-,10+/m1/s1. The van der Waals surface area contributed by atoms with Crippen molar-refractivity contribution in [2.24, 2.45) is 0 Å². The summed E-state index contributed by atoms with van der Waals surface area (Å²) in [5.41, 5.74) is -0.0669. The van der Waals surface area contributed by atoms with Gasteiger partial charge in [0, 0.05) is 13.1 Å². The van der Waals surface area contributed by atoms with Crippen LogP contribution in [-0.2, 0) is 9.47 Å². The molecule has 1 heterocycles. The zero-order valence-corrected chi connectivity index (χ0v) is 9.80. The van der Waals surface area contributed by atoms with Crippen molar-refractivity contribution in [1.82, 2.24) is 5.32 Å². The van der Waals surface area contributed by atoms with Gasteiger partial charge in [0.25, 0.3) is 0 Å². The monoisotopic (exact) mass is 201 g/mol. The Kier molecular flexibility index (Phi) is 4.35. The largest absolute Gasteiger partial charge is 0.373 e. The molecule has 0 spiro atoms. The fourth-order valence-corrected chi connectivity index (χ4v) is 1.46. The van der Waals surface area contributed by atoms with Gasteiger partial charge >= 0.3 is 0 Å². The third-order valence-electron chi connectivity index (χ3n) is 2.29. The molecule has 0 saturated carbocycles. The van der Waals surface area contributed by atoms with Gasteiger partial charge in [0.1, 0.15) is 0 Å². The Bertz CT molecular complexity index is 165. The molecule has 0 aromatic carbocycles. The summed E-state index contributed by atoms with van der Waals surface area (Å²) in [4.78, 5) is 0. The first kappa shape index (κ1) is 12.0. The van der Waals surface area contributed by atoms with Crippen molar-refractivity contribution in [3.8, 4) is 0 Å². The van der Waals surface area contributed by atoms with Crippen molar-refractivity contribution in [1.29, 1.82) is 0 Å². The lowest BCUT2D eigenvalue weighted by atomic mass is 10.2. The summed E-state index contributed by atoms with van der Waals surface area (Å²) < 4.78 is 11.5. The molecule has 0 amide bonds. The maximum absolute atomic E-state index is 5.84. The summed E-state index contributed by atoms with van der Waals surface area (Å²) in [6, 6.07) is 0. The molecule has 1 aliphatic heterocycles. The molecule has 1 fully saturated rings. The SMILES string of the molecule is CC[C@@H]1CNC[C@@H](COC(C)(C)C)O1. The zero-order chi connectivity index (χ0) is 10.6. The number of rotatable bonds is 3. The molecule has 1 rings (SSSR count). The van der Waals surface area contributed by atoms with E-state index in [9.17, 15) is 0 Å². The lowest BCUT2D eigenvalue weighted by Crippen LogP contribution is -2.47. The van der Waals surface area contributed by atoms with Crippen LogP contribution in [0, 0.1) is 0 Å². The summed E-state index contributed by atoms with van der Waals surface area (Å²) in [6.07, 6.45) is 1.64. The van der Waals surface area contributed by atoms with E-state index in [1.807, 2.05) is 0 Å². The van der Waals surface area contributed by atoms with Gasteiger partial charge in [-0.1, -0.05) is 6.92 Å². The lowest BCUT2D eigenvalue weighted by Gasteiger charge is -2.32.